The van der Waals surface area contributed by atoms with E-state index in [0.29, 0.717) is 25.7 Å². The Labute approximate surface area is 120 Å². The number of likely N-dealkylation sites (tertiary alicyclic amines) is 1. The molecule has 0 spiro atoms. The van der Waals surface area contributed by atoms with E-state index in [-0.39, 0.29) is 18.0 Å². The van der Waals surface area contributed by atoms with Crippen molar-refractivity contribution < 1.29 is 14.3 Å². The molecule has 1 saturated heterocycles. The molecule has 1 atom stereocenters. The van der Waals surface area contributed by atoms with Crippen LogP contribution in [0.5, 0.6) is 0 Å². The summed E-state index contributed by atoms with van der Waals surface area (Å²) < 4.78 is 5.34. The third-order valence-electron chi connectivity index (χ3n) is 3.33. The molecule has 1 unspecified atom stereocenters. The van der Waals surface area contributed by atoms with Gasteiger partial charge in [0.05, 0.1) is 6.54 Å². The van der Waals surface area contributed by atoms with Crippen LogP contribution in [0.15, 0.2) is 0 Å². The van der Waals surface area contributed by atoms with E-state index in [9.17, 15) is 9.59 Å². The second-order valence-corrected chi connectivity index (χ2v) is 6.63. The molecule has 2 rings (SSSR count). The van der Waals surface area contributed by atoms with Crippen LogP contribution in [0, 0.1) is 0 Å². The van der Waals surface area contributed by atoms with E-state index in [0.717, 1.165) is 19.3 Å². The fourth-order valence-electron chi connectivity index (χ4n) is 2.16. The van der Waals surface area contributed by atoms with Gasteiger partial charge < -0.3 is 20.3 Å². The maximum absolute atomic E-state index is 11.9. The first-order valence-corrected chi connectivity index (χ1v) is 7.34. The lowest BCUT2D eigenvalue weighted by Gasteiger charge is -2.24. The maximum Gasteiger partial charge on any atom is 0.410 e. The summed E-state index contributed by atoms with van der Waals surface area (Å²) in [5, 5.41) is 6.14. The monoisotopic (exact) mass is 283 g/mol. The molecule has 1 heterocycles. The van der Waals surface area contributed by atoms with Crippen LogP contribution in [0.2, 0.25) is 0 Å². The van der Waals surface area contributed by atoms with Gasteiger partial charge in [-0.05, 0) is 40.0 Å². The van der Waals surface area contributed by atoms with Crippen molar-refractivity contribution in [3.63, 3.8) is 0 Å². The first-order chi connectivity index (χ1) is 9.33. The number of ether oxygens (including phenoxy) is 1. The van der Waals surface area contributed by atoms with Crippen molar-refractivity contribution in [2.45, 2.75) is 57.7 Å². The van der Waals surface area contributed by atoms with E-state index >= 15 is 0 Å². The van der Waals surface area contributed by atoms with E-state index in [1.807, 2.05) is 20.8 Å². The van der Waals surface area contributed by atoms with Crippen LogP contribution in [0.4, 0.5) is 4.79 Å². The topological polar surface area (TPSA) is 70.7 Å². The number of hydrogen-bond donors (Lipinski definition) is 2. The number of rotatable bonds is 4. The summed E-state index contributed by atoms with van der Waals surface area (Å²) in [6.45, 7) is 7.18. The van der Waals surface area contributed by atoms with E-state index in [4.69, 9.17) is 4.74 Å². The Balaban J connectivity index is 1.66. The van der Waals surface area contributed by atoms with E-state index in [1.54, 1.807) is 4.90 Å². The standard InChI is InChI=1S/C14H25N3O3/c1-14(2,3)20-13(19)17-7-6-11(9-17)15-8-12(18)16-10-4-5-10/h10-11,15H,4-9H2,1-3H3,(H,16,18). The minimum absolute atomic E-state index is 0.0446. The van der Waals surface area contributed by atoms with Crippen LogP contribution in [-0.4, -0.2) is 54.2 Å². The highest BCUT2D eigenvalue weighted by molar-refractivity contribution is 5.78. The highest BCUT2D eigenvalue weighted by Gasteiger charge is 2.30. The molecule has 0 aromatic rings. The molecule has 2 aliphatic rings. The van der Waals surface area contributed by atoms with Gasteiger partial charge in [0.15, 0.2) is 0 Å². The summed E-state index contributed by atoms with van der Waals surface area (Å²) in [5.74, 6) is 0.0446. The molecule has 1 aliphatic heterocycles. The molecule has 2 amide bonds. The fourth-order valence-corrected chi connectivity index (χ4v) is 2.16. The summed E-state index contributed by atoms with van der Waals surface area (Å²) in [7, 11) is 0. The molecule has 2 fully saturated rings. The number of hydrogen-bond acceptors (Lipinski definition) is 4. The van der Waals surface area contributed by atoms with Crippen molar-refractivity contribution in [3.8, 4) is 0 Å². The Morgan fingerprint density at radius 3 is 2.50 bits per heavy atom. The summed E-state index contributed by atoms with van der Waals surface area (Å²) in [4.78, 5) is 25.2. The Kier molecular flexibility index (Phi) is 4.52. The van der Waals surface area contributed by atoms with Crippen molar-refractivity contribution >= 4 is 12.0 Å². The van der Waals surface area contributed by atoms with Gasteiger partial charge in [0.1, 0.15) is 5.60 Å². The van der Waals surface area contributed by atoms with E-state index in [1.165, 1.54) is 0 Å². The van der Waals surface area contributed by atoms with Crippen molar-refractivity contribution in [2.24, 2.45) is 0 Å². The number of carbonyl (C=O) groups excluding carboxylic acids is 2. The average molecular weight is 283 g/mol. The van der Waals surface area contributed by atoms with Crippen LogP contribution < -0.4 is 10.6 Å². The van der Waals surface area contributed by atoms with Gasteiger partial charge in [-0.1, -0.05) is 0 Å². The number of carbonyl (C=O) groups is 2. The van der Waals surface area contributed by atoms with Gasteiger partial charge in [-0.15, -0.1) is 0 Å². The molecule has 1 saturated carbocycles. The molecule has 6 nitrogen and oxygen atoms in total. The first kappa shape index (κ1) is 15.1. The van der Waals surface area contributed by atoms with Gasteiger partial charge in [-0.25, -0.2) is 4.79 Å². The van der Waals surface area contributed by atoms with E-state index < -0.39 is 5.60 Å². The largest absolute Gasteiger partial charge is 0.444 e. The molecule has 0 bridgehead atoms. The second kappa shape index (κ2) is 5.99. The van der Waals surface area contributed by atoms with Gasteiger partial charge >= 0.3 is 6.09 Å². The number of nitrogens with one attached hydrogen (secondary N) is 2. The second-order valence-electron chi connectivity index (χ2n) is 6.63. The van der Waals surface area contributed by atoms with Crippen molar-refractivity contribution in [1.29, 1.82) is 0 Å². The van der Waals surface area contributed by atoms with Gasteiger partial charge in [-0.2, -0.15) is 0 Å². The Morgan fingerprint density at radius 1 is 1.20 bits per heavy atom. The molecule has 0 aromatic heterocycles. The zero-order valence-corrected chi connectivity index (χ0v) is 12.6. The van der Waals surface area contributed by atoms with Gasteiger partial charge in [-0.3, -0.25) is 4.79 Å². The Hall–Kier alpha value is -1.30. The maximum atomic E-state index is 11.9. The van der Waals surface area contributed by atoms with Crippen molar-refractivity contribution in [2.75, 3.05) is 19.6 Å². The van der Waals surface area contributed by atoms with Crippen LogP contribution in [-0.2, 0) is 9.53 Å². The molecular formula is C14H25N3O3. The smallest absolute Gasteiger partial charge is 0.410 e. The lowest BCUT2D eigenvalue weighted by molar-refractivity contribution is -0.120. The molecule has 0 aromatic carbocycles. The van der Waals surface area contributed by atoms with Crippen molar-refractivity contribution in [3.05, 3.63) is 0 Å². The molecule has 1 aliphatic carbocycles. The molecule has 6 heteroatoms. The van der Waals surface area contributed by atoms with Crippen LogP contribution >= 0.6 is 0 Å². The molecule has 114 valence electrons. The first-order valence-electron chi connectivity index (χ1n) is 7.34. The Bertz CT molecular complexity index is 374. The average Bonchev–Trinajstić information content (AvgIpc) is 3.00. The summed E-state index contributed by atoms with van der Waals surface area (Å²) in [5.41, 5.74) is -0.466. The number of amides is 2. The highest BCUT2D eigenvalue weighted by atomic mass is 16.6. The summed E-state index contributed by atoms with van der Waals surface area (Å²) >= 11 is 0. The molecule has 20 heavy (non-hydrogen) atoms. The van der Waals surface area contributed by atoms with Gasteiger partial charge in [0, 0.05) is 25.2 Å². The molecular weight excluding hydrogens is 258 g/mol. The predicted molar refractivity (Wildman–Crippen MR) is 75.4 cm³/mol. The van der Waals surface area contributed by atoms with Gasteiger partial charge in [0.2, 0.25) is 5.91 Å². The predicted octanol–water partition coefficient (Wildman–Crippen LogP) is 0.864. The van der Waals surface area contributed by atoms with Gasteiger partial charge in [0.25, 0.3) is 0 Å². The zero-order valence-electron chi connectivity index (χ0n) is 12.6. The lowest BCUT2D eigenvalue weighted by atomic mass is 10.2. The normalized spacial score (nSPS) is 22.8. The fraction of sp³-hybridized carbons (Fsp3) is 0.857. The van der Waals surface area contributed by atoms with Crippen LogP contribution in [0.3, 0.4) is 0 Å². The van der Waals surface area contributed by atoms with Crippen LogP contribution in [0.1, 0.15) is 40.0 Å². The number of nitrogens with zero attached hydrogens (tertiary/aromatic N) is 1. The van der Waals surface area contributed by atoms with Crippen molar-refractivity contribution in [1.82, 2.24) is 15.5 Å². The molecule has 2 N–H and O–H groups in total. The highest BCUT2D eigenvalue weighted by Crippen LogP contribution is 2.18. The lowest BCUT2D eigenvalue weighted by Crippen LogP contribution is -2.42. The Morgan fingerprint density at radius 2 is 1.90 bits per heavy atom. The SMILES string of the molecule is CC(C)(C)OC(=O)N1CCC(NCC(=O)NC2CC2)C1. The van der Waals surface area contributed by atoms with E-state index in [2.05, 4.69) is 10.6 Å². The van der Waals surface area contributed by atoms with Crippen LogP contribution in [0.25, 0.3) is 0 Å². The molecule has 0 radical (unpaired) electrons. The minimum atomic E-state index is -0.466. The summed E-state index contributed by atoms with van der Waals surface area (Å²) in [6, 6.07) is 0.568. The third kappa shape index (κ3) is 5.00. The zero-order chi connectivity index (χ0) is 14.8. The quantitative estimate of drug-likeness (QED) is 0.803. The minimum Gasteiger partial charge on any atom is -0.444 e. The summed E-state index contributed by atoms with van der Waals surface area (Å²) in [6.07, 6.45) is 2.78. The third-order valence-corrected chi connectivity index (χ3v) is 3.33.